The molecule has 2 rings (SSSR count). The zero-order valence-corrected chi connectivity index (χ0v) is 9.83. The van der Waals surface area contributed by atoms with Crippen LogP contribution in [-0.4, -0.2) is 6.29 Å². The summed E-state index contributed by atoms with van der Waals surface area (Å²) in [6.45, 7) is 2.06. The van der Waals surface area contributed by atoms with Gasteiger partial charge in [0.1, 0.15) is 0 Å². The largest absolute Gasteiger partial charge is 0.298 e. The van der Waals surface area contributed by atoms with E-state index in [2.05, 4.69) is 31.2 Å². The summed E-state index contributed by atoms with van der Waals surface area (Å²) in [6, 6.07) is 15.9. The standard InChI is InChI=1S/C14H12OS/c1-11-6-8-13(9-7-11)16-14-5-3-2-4-12(14)10-15/h2-10H,1H3. The van der Waals surface area contributed by atoms with E-state index in [1.807, 2.05) is 24.3 Å². The van der Waals surface area contributed by atoms with Crippen molar-refractivity contribution < 1.29 is 4.79 Å². The monoisotopic (exact) mass is 228 g/mol. The summed E-state index contributed by atoms with van der Waals surface area (Å²) in [7, 11) is 0. The molecule has 0 heterocycles. The second-order valence-corrected chi connectivity index (χ2v) is 4.69. The maximum Gasteiger partial charge on any atom is 0.151 e. The molecular formula is C14H12OS. The molecule has 0 aromatic heterocycles. The van der Waals surface area contributed by atoms with E-state index < -0.39 is 0 Å². The number of carbonyl (C=O) groups excluding carboxylic acids is 1. The van der Waals surface area contributed by atoms with Gasteiger partial charge in [-0.25, -0.2) is 0 Å². The van der Waals surface area contributed by atoms with Crippen LogP contribution in [0.5, 0.6) is 0 Å². The molecule has 0 bridgehead atoms. The van der Waals surface area contributed by atoms with E-state index in [0.29, 0.717) is 0 Å². The first-order chi connectivity index (χ1) is 7.79. The van der Waals surface area contributed by atoms with Gasteiger partial charge in [-0.3, -0.25) is 4.79 Å². The predicted octanol–water partition coefficient (Wildman–Crippen LogP) is 3.96. The van der Waals surface area contributed by atoms with Crippen molar-refractivity contribution in [2.45, 2.75) is 16.7 Å². The second-order valence-electron chi connectivity index (χ2n) is 3.57. The fraction of sp³-hybridized carbons (Fsp3) is 0.0714. The molecule has 2 aromatic carbocycles. The average Bonchev–Trinajstić information content (AvgIpc) is 2.33. The molecule has 1 nitrogen and oxygen atoms in total. The minimum Gasteiger partial charge on any atom is -0.298 e. The third-order valence-electron chi connectivity index (χ3n) is 2.29. The van der Waals surface area contributed by atoms with Gasteiger partial charge in [0.25, 0.3) is 0 Å². The molecule has 0 N–H and O–H groups in total. The lowest BCUT2D eigenvalue weighted by Gasteiger charge is -2.04. The van der Waals surface area contributed by atoms with Crippen LogP contribution in [0.25, 0.3) is 0 Å². The molecule has 16 heavy (non-hydrogen) atoms. The molecule has 0 atom stereocenters. The lowest BCUT2D eigenvalue weighted by molar-refractivity contribution is 0.112. The molecule has 0 fully saturated rings. The van der Waals surface area contributed by atoms with E-state index in [0.717, 1.165) is 21.6 Å². The summed E-state index contributed by atoms with van der Waals surface area (Å²) < 4.78 is 0. The van der Waals surface area contributed by atoms with Crippen LogP contribution in [0.4, 0.5) is 0 Å². The summed E-state index contributed by atoms with van der Waals surface area (Å²) in [5.41, 5.74) is 1.99. The third-order valence-corrected chi connectivity index (χ3v) is 3.39. The Morgan fingerprint density at radius 2 is 1.69 bits per heavy atom. The summed E-state index contributed by atoms with van der Waals surface area (Å²) in [4.78, 5) is 13.0. The third kappa shape index (κ3) is 2.52. The van der Waals surface area contributed by atoms with Gasteiger partial charge in [0.15, 0.2) is 6.29 Å². The first-order valence-corrected chi connectivity index (χ1v) is 5.90. The zero-order chi connectivity index (χ0) is 11.4. The number of hydrogen-bond donors (Lipinski definition) is 0. The van der Waals surface area contributed by atoms with Crippen LogP contribution in [0.15, 0.2) is 58.3 Å². The highest BCUT2D eigenvalue weighted by Crippen LogP contribution is 2.29. The maximum atomic E-state index is 10.9. The highest BCUT2D eigenvalue weighted by Gasteiger charge is 2.02. The van der Waals surface area contributed by atoms with Gasteiger partial charge in [0, 0.05) is 15.4 Å². The van der Waals surface area contributed by atoms with Crippen molar-refractivity contribution in [2.75, 3.05) is 0 Å². The molecule has 80 valence electrons. The second kappa shape index (κ2) is 4.99. The normalized spacial score (nSPS) is 10.1. The average molecular weight is 228 g/mol. The van der Waals surface area contributed by atoms with E-state index in [-0.39, 0.29) is 0 Å². The lowest BCUT2D eigenvalue weighted by atomic mass is 10.2. The molecular weight excluding hydrogens is 216 g/mol. The quantitative estimate of drug-likeness (QED) is 0.740. The van der Waals surface area contributed by atoms with Crippen LogP contribution >= 0.6 is 11.8 Å². The van der Waals surface area contributed by atoms with Gasteiger partial charge < -0.3 is 0 Å². The van der Waals surface area contributed by atoms with Crippen LogP contribution in [-0.2, 0) is 0 Å². The number of hydrogen-bond acceptors (Lipinski definition) is 2. The number of rotatable bonds is 3. The Morgan fingerprint density at radius 3 is 2.38 bits per heavy atom. The Bertz CT molecular complexity index is 488. The summed E-state index contributed by atoms with van der Waals surface area (Å²) in [5.74, 6) is 0. The fourth-order valence-corrected chi connectivity index (χ4v) is 2.31. The zero-order valence-electron chi connectivity index (χ0n) is 9.01. The fourth-order valence-electron chi connectivity index (χ4n) is 1.40. The number of carbonyl (C=O) groups is 1. The molecule has 2 heteroatoms. The van der Waals surface area contributed by atoms with Gasteiger partial charge >= 0.3 is 0 Å². The Balaban J connectivity index is 2.26. The lowest BCUT2D eigenvalue weighted by Crippen LogP contribution is -1.83. The van der Waals surface area contributed by atoms with Crippen molar-refractivity contribution in [3.8, 4) is 0 Å². The molecule has 2 aromatic rings. The highest BCUT2D eigenvalue weighted by atomic mass is 32.2. The van der Waals surface area contributed by atoms with Crippen LogP contribution in [0.1, 0.15) is 15.9 Å². The van der Waals surface area contributed by atoms with Crippen LogP contribution in [0.2, 0.25) is 0 Å². The highest BCUT2D eigenvalue weighted by molar-refractivity contribution is 7.99. The molecule has 0 aliphatic rings. The van der Waals surface area contributed by atoms with E-state index in [4.69, 9.17) is 0 Å². The van der Waals surface area contributed by atoms with E-state index in [9.17, 15) is 4.79 Å². The van der Waals surface area contributed by atoms with Gasteiger partial charge in [-0.1, -0.05) is 47.7 Å². The summed E-state index contributed by atoms with van der Waals surface area (Å²) in [5, 5.41) is 0. The summed E-state index contributed by atoms with van der Waals surface area (Å²) >= 11 is 1.62. The Labute approximate surface area is 99.5 Å². The number of aryl methyl sites for hydroxylation is 1. The first kappa shape index (κ1) is 11.0. The van der Waals surface area contributed by atoms with Crippen molar-refractivity contribution in [1.29, 1.82) is 0 Å². The minimum absolute atomic E-state index is 0.744. The van der Waals surface area contributed by atoms with Crippen molar-refractivity contribution >= 4 is 18.0 Å². The molecule has 0 aliphatic carbocycles. The SMILES string of the molecule is Cc1ccc(Sc2ccccc2C=O)cc1. The maximum absolute atomic E-state index is 10.9. The van der Waals surface area contributed by atoms with Gasteiger partial charge in [-0.2, -0.15) is 0 Å². The van der Waals surface area contributed by atoms with Crippen molar-refractivity contribution in [3.05, 3.63) is 59.7 Å². The Hall–Kier alpha value is -1.54. The van der Waals surface area contributed by atoms with E-state index >= 15 is 0 Å². The smallest absolute Gasteiger partial charge is 0.151 e. The Morgan fingerprint density at radius 1 is 1.00 bits per heavy atom. The van der Waals surface area contributed by atoms with Gasteiger partial charge in [-0.05, 0) is 25.1 Å². The molecule has 0 unspecified atom stereocenters. The molecule has 0 spiro atoms. The van der Waals surface area contributed by atoms with Crippen LogP contribution in [0.3, 0.4) is 0 Å². The Kier molecular flexibility index (Phi) is 3.42. The van der Waals surface area contributed by atoms with E-state index in [1.54, 1.807) is 11.8 Å². The van der Waals surface area contributed by atoms with Crippen molar-refractivity contribution in [2.24, 2.45) is 0 Å². The van der Waals surface area contributed by atoms with Gasteiger partial charge in [-0.15, -0.1) is 0 Å². The van der Waals surface area contributed by atoms with Gasteiger partial charge in [0.2, 0.25) is 0 Å². The number of aldehydes is 1. The molecule has 0 amide bonds. The predicted molar refractivity (Wildman–Crippen MR) is 67.1 cm³/mol. The van der Waals surface area contributed by atoms with Crippen LogP contribution in [0, 0.1) is 6.92 Å². The van der Waals surface area contributed by atoms with Crippen molar-refractivity contribution in [3.63, 3.8) is 0 Å². The molecule has 0 saturated heterocycles. The molecule has 0 radical (unpaired) electrons. The van der Waals surface area contributed by atoms with Crippen LogP contribution < -0.4 is 0 Å². The topological polar surface area (TPSA) is 17.1 Å². The molecule has 0 saturated carbocycles. The minimum atomic E-state index is 0.744. The van der Waals surface area contributed by atoms with E-state index in [1.165, 1.54) is 5.56 Å². The van der Waals surface area contributed by atoms with Gasteiger partial charge in [0.05, 0.1) is 0 Å². The molecule has 0 aliphatic heterocycles. The van der Waals surface area contributed by atoms with Crippen molar-refractivity contribution in [1.82, 2.24) is 0 Å². The first-order valence-electron chi connectivity index (χ1n) is 5.08. The summed E-state index contributed by atoms with van der Waals surface area (Å²) in [6.07, 6.45) is 0.899. The number of benzene rings is 2.